The zero-order chi connectivity index (χ0) is 18.3. The van der Waals surface area contributed by atoms with Gasteiger partial charge in [0.05, 0.1) is 19.1 Å². The summed E-state index contributed by atoms with van der Waals surface area (Å²) in [6.07, 6.45) is 4.43. The smallest absolute Gasteiger partial charge is 0.240 e. The Morgan fingerprint density at radius 1 is 1.28 bits per heavy atom. The number of ether oxygens (including phenoxy) is 1. The highest BCUT2D eigenvalue weighted by atomic mass is 32.2. The third kappa shape index (κ3) is 5.89. The van der Waals surface area contributed by atoms with Gasteiger partial charge < -0.3 is 15.0 Å². The standard InChI is InChI=1S/C17H27N3O4S/c1-24-16-9-4-3-8-15(16)20(25(2,22)23)14-17(21)18-10-7-13-19-11-5-6-12-19/h3-4,8-9H,5-7,10-14H2,1-2H3,(H,18,21). The highest BCUT2D eigenvalue weighted by molar-refractivity contribution is 7.92. The number of carbonyl (C=O) groups is 1. The van der Waals surface area contributed by atoms with E-state index in [2.05, 4.69) is 10.2 Å². The summed E-state index contributed by atoms with van der Waals surface area (Å²) in [6, 6.07) is 6.76. The second-order valence-corrected chi connectivity index (χ2v) is 8.10. The largest absolute Gasteiger partial charge is 0.495 e. The first-order valence-corrected chi connectivity index (χ1v) is 10.4. The van der Waals surface area contributed by atoms with Crippen LogP contribution in [0.15, 0.2) is 24.3 Å². The molecule has 2 rings (SSSR count). The second kappa shape index (κ2) is 9.05. The van der Waals surface area contributed by atoms with Crippen molar-refractivity contribution in [1.82, 2.24) is 10.2 Å². The number of hydrogen-bond acceptors (Lipinski definition) is 5. The van der Waals surface area contributed by atoms with E-state index in [-0.39, 0.29) is 12.5 Å². The van der Waals surface area contributed by atoms with E-state index < -0.39 is 10.0 Å². The van der Waals surface area contributed by atoms with E-state index in [1.165, 1.54) is 20.0 Å². The van der Waals surface area contributed by atoms with Crippen LogP contribution in [0.3, 0.4) is 0 Å². The van der Waals surface area contributed by atoms with Crippen molar-refractivity contribution in [2.75, 3.05) is 50.4 Å². The molecule has 7 nitrogen and oxygen atoms in total. The van der Waals surface area contributed by atoms with Crippen molar-refractivity contribution in [3.63, 3.8) is 0 Å². The number of para-hydroxylation sites is 2. The third-order valence-corrected chi connectivity index (χ3v) is 5.34. The molecule has 0 saturated carbocycles. The highest BCUT2D eigenvalue weighted by Crippen LogP contribution is 2.29. The fraction of sp³-hybridized carbons (Fsp3) is 0.588. The van der Waals surface area contributed by atoms with E-state index in [4.69, 9.17) is 4.74 Å². The average Bonchev–Trinajstić information content (AvgIpc) is 3.09. The number of benzene rings is 1. The van der Waals surface area contributed by atoms with Crippen LogP contribution in [-0.4, -0.2) is 65.3 Å². The Morgan fingerprint density at radius 3 is 2.60 bits per heavy atom. The van der Waals surface area contributed by atoms with Gasteiger partial charge in [0, 0.05) is 6.54 Å². The zero-order valence-electron chi connectivity index (χ0n) is 14.9. The SMILES string of the molecule is COc1ccccc1N(CC(=O)NCCCN1CCCC1)S(C)(=O)=O. The van der Waals surface area contributed by atoms with Gasteiger partial charge in [-0.2, -0.15) is 0 Å². The third-order valence-electron chi connectivity index (χ3n) is 4.21. The van der Waals surface area contributed by atoms with Gasteiger partial charge in [-0.25, -0.2) is 8.42 Å². The van der Waals surface area contributed by atoms with Crippen LogP contribution in [0.25, 0.3) is 0 Å². The van der Waals surface area contributed by atoms with Gasteiger partial charge in [-0.3, -0.25) is 9.10 Å². The van der Waals surface area contributed by atoms with Gasteiger partial charge in [0.2, 0.25) is 15.9 Å². The maximum atomic E-state index is 12.2. The lowest BCUT2D eigenvalue weighted by Crippen LogP contribution is -2.41. The van der Waals surface area contributed by atoms with Crippen LogP contribution >= 0.6 is 0 Å². The predicted octanol–water partition coefficient (Wildman–Crippen LogP) is 1.06. The summed E-state index contributed by atoms with van der Waals surface area (Å²) in [4.78, 5) is 14.6. The number of methoxy groups -OCH3 is 1. The van der Waals surface area contributed by atoms with E-state index in [1.54, 1.807) is 24.3 Å². The Bertz CT molecular complexity index is 672. The van der Waals surface area contributed by atoms with Crippen LogP contribution in [0.5, 0.6) is 5.75 Å². The van der Waals surface area contributed by atoms with Crippen molar-refractivity contribution in [1.29, 1.82) is 0 Å². The minimum absolute atomic E-state index is 0.261. The molecule has 0 unspecified atom stereocenters. The molecule has 8 heteroatoms. The molecule has 1 heterocycles. The van der Waals surface area contributed by atoms with E-state index in [9.17, 15) is 13.2 Å². The number of nitrogens with zero attached hydrogens (tertiary/aromatic N) is 2. The maximum absolute atomic E-state index is 12.2. The van der Waals surface area contributed by atoms with Crippen LogP contribution in [-0.2, 0) is 14.8 Å². The van der Waals surface area contributed by atoms with Crippen molar-refractivity contribution >= 4 is 21.6 Å². The highest BCUT2D eigenvalue weighted by Gasteiger charge is 2.23. The Labute approximate surface area is 150 Å². The summed E-state index contributed by atoms with van der Waals surface area (Å²) < 4.78 is 30.5. The fourth-order valence-electron chi connectivity index (χ4n) is 2.94. The quantitative estimate of drug-likeness (QED) is 0.659. The van der Waals surface area contributed by atoms with Crippen molar-refractivity contribution in [2.45, 2.75) is 19.3 Å². The van der Waals surface area contributed by atoms with Crippen LogP contribution in [0.2, 0.25) is 0 Å². The molecule has 1 aliphatic rings. The summed E-state index contributed by atoms with van der Waals surface area (Å²) in [5.74, 6) is 0.0903. The molecule has 1 N–H and O–H groups in total. The molecule has 1 aromatic carbocycles. The molecular weight excluding hydrogens is 342 g/mol. The number of anilines is 1. The van der Waals surface area contributed by atoms with Gasteiger partial charge in [0.1, 0.15) is 12.3 Å². The number of carbonyl (C=O) groups excluding carboxylic acids is 1. The van der Waals surface area contributed by atoms with E-state index in [0.29, 0.717) is 18.0 Å². The summed E-state index contributed by atoms with van der Waals surface area (Å²) in [5, 5.41) is 2.80. The first-order chi connectivity index (χ1) is 11.9. The molecule has 1 saturated heterocycles. The van der Waals surface area contributed by atoms with Gasteiger partial charge in [0.15, 0.2) is 0 Å². The maximum Gasteiger partial charge on any atom is 0.240 e. The molecule has 0 spiro atoms. The van der Waals surface area contributed by atoms with Gasteiger partial charge in [-0.05, 0) is 51.0 Å². The lowest BCUT2D eigenvalue weighted by atomic mass is 10.3. The molecule has 1 aromatic rings. The molecular formula is C17H27N3O4S. The lowest BCUT2D eigenvalue weighted by molar-refractivity contribution is -0.119. The first-order valence-electron chi connectivity index (χ1n) is 8.51. The van der Waals surface area contributed by atoms with Gasteiger partial charge in [0.25, 0.3) is 0 Å². The van der Waals surface area contributed by atoms with E-state index in [0.717, 1.165) is 36.6 Å². The predicted molar refractivity (Wildman–Crippen MR) is 98.5 cm³/mol. The molecule has 0 atom stereocenters. The first kappa shape index (κ1) is 19.5. The van der Waals surface area contributed by atoms with Crippen LogP contribution < -0.4 is 14.4 Å². The molecule has 0 aromatic heterocycles. The van der Waals surface area contributed by atoms with Gasteiger partial charge in [-0.1, -0.05) is 12.1 Å². The van der Waals surface area contributed by atoms with E-state index >= 15 is 0 Å². The summed E-state index contributed by atoms with van der Waals surface area (Å²) in [5.41, 5.74) is 0.361. The molecule has 1 amide bonds. The van der Waals surface area contributed by atoms with Crippen LogP contribution in [0, 0.1) is 0 Å². The Balaban J connectivity index is 1.92. The van der Waals surface area contributed by atoms with Gasteiger partial charge in [-0.15, -0.1) is 0 Å². The van der Waals surface area contributed by atoms with Gasteiger partial charge >= 0.3 is 0 Å². The number of rotatable bonds is 9. The minimum atomic E-state index is -3.61. The van der Waals surface area contributed by atoms with Crippen molar-refractivity contribution < 1.29 is 17.9 Å². The molecule has 1 aliphatic heterocycles. The number of hydrogen-bond donors (Lipinski definition) is 1. The molecule has 25 heavy (non-hydrogen) atoms. The van der Waals surface area contributed by atoms with Crippen molar-refractivity contribution in [3.8, 4) is 5.75 Å². The number of amides is 1. The minimum Gasteiger partial charge on any atom is -0.495 e. The van der Waals surface area contributed by atoms with Crippen LogP contribution in [0.4, 0.5) is 5.69 Å². The second-order valence-electron chi connectivity index (χ2n) is 6.19. The number of nitrogens with one attached hydrogen (secondary N) is 1. The molecule has 0 radical (unpaired) electrons. The van der Waals surface area contributed by atoms with Crippen molar-refractivity contribution in [2.24, 2.45) is 0 Å². The summed E-state index contributed by atoms with van der Waals surface area (Å²) in [6.45, 7) is 3.50. The summed E-state index contributed by atoms with van der Waals surface area (Å²) in [7, 11) is -2.14. The monoisotopic (exact) mass is 369 g/mol. The molecule has 1 fully saturated rings. The summed E-state index contributed by atoms with van der Waals surface area (Å²) >= 11 is 0. The Hall–Kier alpha value is -1.80. The Morgan fingerprint density at radius 2 is 1.96 bits per heavy atom. The topological polar surface area (TPSA) is 79.0 Å². The van der Waals surface area contributed by atoms with Crippen LogP contribution in [0.1, 0.15) is 19.3 Å². The normalized spacial score (nSPS) is 15.1. The number of sulfonamides is 1. The fourth-order valence-corrected chi connectivity index (χ4v) is 3.80. The molecule has 0 bridgehead atoms. The van der Waals surface area contributed by atoms with E-state index in [1.807, 2.05) is 0 Å². The zero-order valence-corrected chi connectivity index (χ0v) is 15.7. The average molecular weight is 369 g/mol. The molecule has 0 aliphatic carbocycles. The Kier molecular flexibility index (Phi) is 7.07. The van der Waals surface area contributed by atoms with Crippen molar-refractivity contribution in [3.05, 3.63) is 24.3 Å². The lowest BCUT2D eigenvalue weighted by Gasteiger charge is -2.23. The molecule has 140 valence electrons. The number of likely N-dealkylation sites (tertiary alicyclic amines) is 1.